The topological polar surface area (TPSA) is 81.6 Å². The fraction of sp³-hybridized carbons (Fsp3) is 0.261. The smallest absolute Gasteiger partial charge is 0.277 e. The number of hydroxylamine groups is 1. The molecule has 1 aliphatic heterocycles. The van der Waals surface area contributed by atoms with Gasteiger partial charge in [-0.15, -0.1) is 0 Å². The fourth-order valence-corrected chi connectivity index (χ4v) is 4.05. The van der Waals surface area contributed by atoms with Crippen molar-refractivity contribution in [3.05, 3.63) is 89.7 Å². The Hall–Kier alpha value is -3.29. The Kier molecular flexibility index (Phi) is 6.02. The predicted octanol–water partition coefficient (Wildman–Crippen LogP) is 2.90. The molecule has 1 fully saturated rings. The lowest BCUT2D eigenvalue weighted by atomic mass is 9.95. The van der Waals surface area contributed by atoms with E-state index in [1.165, 1.54) is 23.5 Å². The highest BCUT2D eigenvalue weighted by Gasteiger charge is 2.31. The predicted molar refractivity (Wildman–Crippen MR) is 114 cm³/mol. The van der Waals surface area contributed by atoms with Crippen LogP contribution >= 0.6 is 0 Å². The number of piperazine rings is 1. The number of anilines is 1. The zero-order valence-corrected chi connectivity index (χ0v) is 16.8. The van der Waals surface area contributed by atoms with Gasteiger partial charge in [-0.1, -0.05) is 60.7 Å². The van der Waals surface area contributed by atoms with Gasteiger partial charge in [-0.2, -0.15) is 0 Å². The number of hydrogen-bond donors (Lipinski definition) is 2. The van der Waals surface area contributed by atoms with Crippen molar-refractivity contribution in [3.8, 4) is 0 Å². The molecule has 0 saturated carbocycles. The quantitative estimate of drug-likeness (QED) is 0.504. The first-order chi connectivity index (χ1) is 14.7. The molecule has 3 aromatic rings. The van der Waals surface area contributed by atoms with Gasteiger partial charge in [0.1, 0.15) is 0 Å². The van der Waals surface area contributed by atoms with E-state index in [2.05, 4.69) is 75.2 Å². The van der Waals surface area contributed by atoms with Gasteiger partial charge in [-0.05, 0) is 18.1 Å². The molecular weight excluding hydrogens is 378 g/mol. The van der Waals surface area contributed by atoms with Crippen molar-refractivity contribution in [3.63, 3.8) is 0 Å². The second-order valence-electron chi connectivity index (χ2n) is 7.47. The van der Waals surface area contributed by atoms with Gasteiger partial charge < -0.3 is 4.90 Å². The SMILES string of the molecule is CC1CN(C(c2ccccc2)c2ccccc2)CCN1c1ncc(C(=O)NO)cn1. The molecule has 1 aliphatic rings. The lowest BCUT2D eigenvalue weighted by molar-refractivity contribution is 0.0705. The summed E-state index contributed by atoms with van der Waals surface area (Å²) < 4.78 is 0. The highest BCUT2D eigenvalue weighted by atomic mass is 16.5. The summed E-state index contributed by atoms with van der Waals surface area (Å²) in [6, 6.07) is 21.6. The molecule has 0 spiro atoms. The largest absolute Gasteiger partial charge is 0.336 e. The van der Waals surface area contributed by atoms with Crippen molar-refractivity contribution in [2.45, 2.75) is 19.0 Å². The Bertz CT molecular complexity index is 926. The number of rotatable bonds is 5. The minimum Gasteiger partial charge on any atom is -0.336 e. The van der Waals surface area contributed by atoms with Crippen molar-refractivity contribution in [2.24, 2.45) is 0 Å². The van der Waals surface area contributed by atoms with Crippen LogP contribution in [0.2, 0.25) is 0 Å². The van der Waals surface area contributed by atoms with E-state index >= 15 is 0 Å². The summed E-state index contributed by atoms with van der Waals surface area (Å²) in [5.74, 6) is -0.0272. The molecule has 1 atom stereocenters. The molecule has 0 aliphatic carbocycles. The lowest BCUT2D eigenvalue weighted by Crippen LogP contribution is -2.53. The van der Waals surface area contributed by atoms with Crippen molar-refractivity contribution < 1.29 is 10.0 Å². The molecule has 2 aromatic carbocycles. The third-order valence-corrected chi connectivity index (χ3v) is 5.51. The van der Waals surface area contributed by atoms with Gasteiger partial charge in [0, 0.05) is 38.1 Å². The summed E-state index contributed by atoms with van der Waals surface area (Å²) >= 11 is 0. The number of carbonyl (C=O) groups excluding carboxylic acids is 1. The molecule has 0 bridgehead atoms. The van der Waals surface area contributed by atoms with E-state index < -0.39 is 5.91 Å². The average Bonchev–Trinajstić information content (AvgIpc) is 2.80. The van der Waals surface area contributed by atoms with Crippen molar-refractivity contribution >= 4 is 11.9 Å². The van der Waals surface area contributed by atoms with E-state index in [1.807, 2.05) is 12.1 Å². The standard InChI is InChI=1S/C23H25N5O2/c1-17-16-27(12-13-28(17)23-24-14-20(15-25-23)22(29)26-30)21(18-8-4-2-5-9-18)19-10-6-3-7-11-19/h2-11,14-15,17,21,30H,12-13,16H2,1H3,(H,26,29). The monoisotopic (exact) mass is 403 g/mol. The molecule has 2 N–H and O–H groups in total. The Morgan fingerprint density at radius 1 is 1.00 bits per heavy atom. The summed E-state index contributed by atoms with van der Waals surface area (Å²) in [6.07, 6.45) is 2.87. The Morgan fingerprint density at radius 2 is 1.57 bits per heavy atom. The molecule has 2 heterocycles. The molecule has 154 valence electrons. The van der Waals surface area contributed by atoms with E-state index in [1.54, 1.807) is 5.48 Å². The van der Waals surface area contributed by atoms with Crippen LogP contribution < -0.4 is 10.4 Å². The number of nitrogens with one attached hydrogen (secondary N) is 1. The van der Waals surface area contributed by atoms with Crippen LogP contribution in [0.1, 0.15) is 34.5 Å². The molecule has 1 saturated heterocycles. The molecule has 7 nitrogen and oxygen atoms in total. The first-order valence-electron chi connectivity index (χ1n) is 10.0. The molecule has 7 heteroatoms. The van der Waals surface area contributed by atoms with Gasteiger partial charge in [0.2, 0.25) is 5.95 Å². The van der Waals surface area contributed by atoms with Crippen molar-refractivity contribution in [2.75, 3.05) is 24.5 Å². The Labute approximate surface area is 176 Å². The highest BCUT2D eigenvalue weighted by molar-refractivity contribution is 5.92. The van der Waals surface area contributed by atoms with Crippen LogP contribution in [0.5, 0.6) is 0 Å². The minimum atomic E-state index is -0.618. The van der Waals surface area contributed by atoms with Gasteiger partial charge in [0.15, 0.2) is 0 Å². The summed E-state index contributed by atoms with van der Waals surface area (Å²) in [5, 5.41) is 8.75. The molecule has 4 rings (SSSR count). The molecule has 1 aromatic heterocycles. The van der Waals surface area contributed by atoms with E-state index in [4.69, 9.17) is 5.21 Å². The summed E-state index contributed by atoms with van der Waals surface area (Å²) in [5.41, 5.74) is 4.38. The van der Waals surface area contributed by atoms with Crippen molar-refractivity contribution in [1.29, 1.82) is 0 Å². The van der Waals surface area contributed by atoms with E-state index in [0.717, 1.165) is 19.6 Å². The van der Waals surface area contributed by atoms with Crippen LogP contribution in [-0.2, 0) is 0 Å². The number of carbonyl (C=O) groups is 1. The number of amides is 1. The van der Waals surface area contributed by atoms with Crippen LogP contribution in [0.15, 0.2) is 73.1 Å². The lowest BCUT2D eigenvalue weighted by Gasteiger charge is -2.43. The van der Waals surface area contributed by atoms with E-state index in [9.17, 15) is 4.79 Å². The zero-order chi connectivity index (χ0) is 20.9. The summed E-state index contributed by atoms with van der Waals surface area (Å²) in [7, 11) is 0. The van der Waals surface area contributed by atoms with Gasteiger partial charge in [-0.25, -0.2) is 15.4 Å². The number of nitrogens with zero attached hydrogens (tertiary/aromatic N) is 4. The molecule has 0 radical (unpaired) electrons. The van der Waals surface area contributed by atoms with Crippen LogP contribution in [0.3, 0.4) is 0 Å². The third-order valence-electron chi connectivity index (χ3n) is 5.51. The first-order valence-corrected chi connectivity index (χ1v) is 10.0. The average molecular weight is 403 g/mol. The fourth-order valence-electron chi connectivity index (χ4n) is 4.05. The zero-order valence-electron chi connectivity index (χ0n) is 16.8. The highest BCUT2D eigenvalue weighted by Crippen LogP contribution is 2.31. The molecule has 1 amide bonds. The van der Waals surface area contributed by atoms with Crippen molar-refractivity contribution in [1.82, 2.24) is 20.3 Å². The number of hydrogen-bond acceptors (Lipinski definition) is 6. The van der Waals surface area contributed by atoms with Crippen LogP contribution in [-0.4, -0.2) is 51.7 Å². The van der Waals surface area contributed by atoms with Crippen LogP contribution in [0.4, 0.5) is 5.95 Å². The van der Waals surface area contributed by atoms with Gasteiger partial charge in [-0.3, -0.25) is 14.9 Å². The maximum Gasteiger partial charge on any atom is 0.277 e. The first kappa shape index (κ1) is 20.0. The Morgan fingerprint density at radius 3 is 2.07 bits per heavy atom. The van der Waals surface area contributed by atoms with Gasteiger partial charge in [0.25, 0.3) is 5.91 Å². The normalized spacial score (nSPS) is 17.2. The van der Waals surface area contributed by atoms with Gasteiger partial charge >= 0.3 is 0 Å². The van der Waals surface area contributed by atoms with Crippen LogP contribution in [0, 0.1) is 0 Å². The third kappa shape index (κ3) is 4.17. The van der Waals surface area contributed by atoms with E-state index in [-0.39, 0.29) is 17.6 Å². The molecular formula is C23H25N5O2. The second kappa shape index (κ2) is 9.02. The summed E-state index contributed by atoms with van der Waals surface area (Å²) in [4.78, 5) is 24.8. The summed E-state index contributed by atoms with van der Waals surface area (Å²) in [6.45, 7) is 4.66. The van der Waals surface area contributed by atoms with Crippen LogP contribution in [0.25, 0.3) is 0 Å². The second-order valence-corrected chi connectivity index (χ2v) is 7.47. The minimum absolute atomic E-state index is 0.188. The number of aromatic nitrogens is 2. The molecule has 30 heavy (non-hydrogen) atoms. The maximum atomic E-state index is 11.5. The maximum absolute atomic E-state index is 11.5. The Balaban J connectivity index is 1.54. The van der Waals surface area contributed by atoms with Gasteiger partial charge in [0.05, 0.1) is 11.6 Å². The number of benzene rings is 2. The van der Waals surface area contributed by atoms with E-state index in [0.29, 0.717) is 5.95 Å². The molecule has 1 unspecified atom stereocenters.